The summed E-state index contributed by atoms with van der Waals surface area (Å²) in [6.07, 6.45) is 4.31. The summed E-state index contributed by atoms with van der Waals surface area (Å²) in [7, 11) is -4.00. The zero-order valence-corrected chi connectivity index (χ0v) is 25.0. The Balaban J connectivity index is 1.44. The number of rotatable bonds is 10. The van der Waals surface area contributed by atoms with Gasteiger partial charge in [0.2, 0.25) is 15.9 Å². The lowest BCUT2D eigenvalue weighted by Crippen LogP contribution is -2.60. The van der Waals surface area contributed by atoms with Crippen LogP contribution in [0.2, 0.25) is 0 Å². The summed E-state index contributed by atoms with van der Waals surface area (Å²) in [6.45, 7) is 4.65. The van der Waals surface area contributed by atoms with E-state index in [4.69, 9.17) is 0 Å². The third kappa shape index (κ3) is 6.52. The van der Waals surface area contributed by atoms with E-state index >= 15 is 0 Å². The van der Waals surface area contributed by atoms with Gasteiger partial charge in [0.1, 0.15) is 17.4 Å². The number of amides is 1. The highest BCUT2D eigenvalue weighted by atomic mass is 32.2. The van der Waals surface area contributed by atoms with Crippen molar-refractivity contribution in [2.24, 2.45) is 0 Å². The second-order valence-electron chi connectivity index (χ2n) is 10.6. The molecule has 11 heteroatoms. The maximum absolute atomic E-state index is 13.8. The van der Waals surface area contributed by atoms with E-state index in [1.54, 1.807) is 41.3 Å². The number of nitrogens with zero attached hydrogens (tertiary/aromatic N) is 4. The molecule has 3 aromatic carbocycles. The summed E-state index contributed by atoms with van der Waals surface area (Å²) in [5.74, 6) is -1.19. The lowest BCUT2D eigenvalue weighted by Gasteiger charge is -2.40. The Bertz CT molecular complexity index is 1730. The number of nitrogens with one attached hydrogen (secondary N) is 1. The number of hydrogen-bond acceptors (Lipinski definition) is 7. The molecule has 43 heavy (non-hydrogen) atoms. The molecule has 2 heterocycles. The van der Waals surface area contributed by atoms with Crippen LogP contribution in [0.1, 0.15) is 47.3 Å². The minimum atomic E-state index is -4.00. The number of aryl methyl sites for hydroxylation is 2. The predicted octanol–water partition coefficient (Wildman–Crippen LogP) is 4.04. The van der Waals surface area contributed by atoms with Gasteiger partial charge in [0.25, 0.3) is 0 Å². The van der Waals surface area contributed by atoms with Crippen molar-refractivity contribution in [3.63, 3.8) is 0 Å². The molecule has 1 aliphatic rings. The Morgan fingerprint density at radius 3 is 2.33 bits per heavy atom. The lowest BCUT2D eigenvalue weighted by atomic mass is 10.1. The van der Waals surface area contributed by atoms with E-state index in [0.717, 1.165) is 30.4 Å². The fraction of sp³-hybridized carbons (Fsp3) is 0.312. The van der Waals surface area contributed by atoms with Crippen molar-refractivity contribution in [2.45, 2.75) is 50.6 Å². The molecule has 1 unspecified atom stereocenters. The second-order valence-corrected chi connectivity index (χ2v) is 12.5. The molecule has 10 nitrogen and oxygen atoms in total. The van der Waals surface area contributed by atoms with Gasteiger partial charge in [-0.15, -0.1) is 0 Å². The van der Waals surface area contributed by atoms with Crippen LogP contribution < -0.4 is 10.2 Å². The monoisotopic (exact) mass is 601 g/mol. The number of carboxylic acid groups (broad SMARTS) is 1. The molecule has 1 aromatic heterocycles. The van der Waals surface area contributed by atoms with E-state index in [1.165, 1.54) is 22.1 Å². The first-order valence-electron chi connectivity index (χ1n) is 14.4. The van der Waals surface area contributed by atoms with Crippen LogP contribution in [0, 0.1) is 0 Å². The third-order valence-corrected chi connectivity index (χ3v) is 9.64. The molecule has 1 aliphatic heterocycles. The average Bonchev–Trinajstić information content (AvgIpc) is 3.03. The van der Waals surface area contributed by atoms with Gasteiger partial charge in [-0.05, 0) is 53.8 Å². The van der Waals surface area contributed by atoms with Crippen LogP contribution in [-0.4, -0.2) is 65.4 Å². The maximum Gasteiger partial charge on any atom is 0.337 e. The van der Waals surface area contributed by atoms with E-state index in [-0.39, 0.29) is 42.2 Å². The molecular weight excluding hydrogens is 566 g/mol. The number of benzene rings is 3. The largest absolute Gasteiger partial charge is 0.478 e. The van der Waals surface area contributed by atoms with Crippen LogP contribution in [0.3, 0.4) is 0 Å². The Hall–Kier alpha value is -4.35. The van der Waals surface area contributed by atoms with Crippen LogP contribution in [0.5, 0.6) is 0 Å². The van der Waals surface area contributed by atoms with Gasteiger partial charge in [-0.1, -0.05) is 62.7 Å². The van der Waals surface area contributed by atoms with Crippen molar-refractivity contribution in [2.75, 3.05) is 24.5 Å². The Kier molecular flexibility index (Phi) is 9.02. The van der Waals surface area contributed by atoms with Gasteiger partial charge < -0.3 is 15.3 Å². The number of carbonyl (C=O) groups excluding carboxylic acids is 1. The molecular formula is C32H35N5O5S. The van der Waals surface area contributed by atoms with E-state index in [2.05, 4.69) is 22.2 Å². The number of carbonyl (C=O) groups is 2. The van der Waals surface area contributed by atoms with Crippen molar-refractivity contribution < 1.29 is 23.1 Å². The van der Waals surface area contributed by atoms with Crippen LogP contribution in [-0.2, 0) is 34.2 Å². The van der Waals surface area contributed by atoms with Crippen LogP contribution in [0.25, 0.3) is 11.0 Å². The number of piperazine rings is 1. The third-order valence-electron chi connectivity index (χ3n) is 7.72. The first-order chi connectivity index (χ1) is 20.7. The topological polar surface area (TPSA) is 133 Å². The van der Waals surface area contributed by atoms with Crippen LogP contribution in [0.15, 0.2) is 77.8 Å². The summed E-state index contributed by atoms with van der Waals surface area (Å²) in [5, 5.41) is 12.6. The molecule has 1 atom stereocenters. The summed E-state index contributed by atoms with van der Waals surface area (Å²) in [5.41, 5.74) is 3.81. The number of hydrogen-bond donors (Lipinski definition) is 2. The first-order valence-corrected chi connectivity index (χ1v) is 15.9. The predicted molar refractivity (Wildman–Crippen MR) is 164 cm³/mol. The van der Waals surface area contributed by atoms with Gasteiger partial charge in [-0.2, -0.15) is 4.31 Å². The quantitative estimate of drug-likeness (QED) is 0.278. The molecule has 5 rings (SSSR count). The average molecular weight is 602 g/mol. The van der Waals surface area contributed by atoms with Crippen molar-refractivity contribution in [3.8, 4) is 0 Å². The molecule has 1 saturated heterocycles. The zero-order valence-electron chi connectivity index (χ0n) is 24.2. The van der Waals surface area contributed by atoms with Gasteiger partial charge in [0.15, 0.2) is 0 Å². The molecule has 0 aliphatic carbocycles. The first kappa shape index (κ1) is 30.1. The molecule has 224 valence electrons. The van der Waals surface area contributed by atoms with Crippen molar-refractivity contribution in [1.82, 2.24) is 19.6 Å². The number of fused-ring (bicyclic) bond motifs is 1. The minimum Gasteiger partial charge on any atom is -0.478 e. The fourth-order valence-corrected chi connectivity index (χ4v) is 6.85. The molecule has 1 amide bonds. The highest BCUT2D eigenvalue weighted by molar-refractivity contribution is 7.89. The molecule has 1 fully saturated rings. The number of sulfonamides is 1. The van der Waals surface area contributed by atoms with Gasteiger partial charge in [-0.25, -0.2) is 18.2 Å². The highest BCUT2D eigenvalue weighted by Crippen LogP contribution is 2.26. The van der Waals surface area contributed by atoms with E-state index in [9.17, 15) is 23.1 Å². The lowest BCUT2D eigenvalue weighted by molar-refractivity contribution is -0.125. The number of anilines is 1. The van der Waals surface area contributed by atoms with Crippen molar-refractivity contribution in [1.29, 1.82) is 0 Å². The minimum absolute atomic E-state index is 0.0165. The van der Waals surface area contributed by atoms with Gasteiger partial charge in [0, 0.05) is 26.2 Å². The molecule has 0 radical (unpaired) electrons. The molecule has 0 bridgehead atoms. The summed E-state index contributed by atoms with van der Waals surface area (Å²) < 4.78 is 28.9. The van der Waals surface area contributed by atoms with Crippen molar-refractivity contribution >= 4 is 38.8 Å². The Morgan fingerprint density at radius 2 is 1.65 bits per heavy atom. The maximum atomic E-state index is 13.8. The fourth-order valence-electron chi connectivity index (χ4n) is 5.28. The standard InChI is InChI=1S/C32H35N5O5S/c1-3-6-23-9-11-24(12-10-23)19-34-31(38)28-21-36(29-20-33-27-8-5-7-26(32(39)40)30(27)35-29)17-18-37(28)43(41,42)25-15-13-22(4-2)14-16-25/h5,7-16,20,28H,3-4,6,17-19,21H2,1-2H3,(H,34,38)(H,39,40). The molecule has 2 N–H and O–H groups in total. The molecule has 0 spiro atoms. The Labute approximate surface area is 251 Å². The van der Waals surface area contributed by atoms with E-state index in [0.29, 0.717) is 11.3 Å². The Morgan fingerprint density at radius 1 is 0.953 bits per heavy atom. The van der Waals surface area contributed by atoms with Gasteiger partial charge in [0.05, 0.1) is 22.2 Å². The molecule has 0 saturated carbocycles. The summed E-state index contributed by atoms with van der Waals surface area (Å²) >= 11 is 0. The van der Waals surface area contributed by atoms with Crippen LogP contribution >= 0.6 is 0 Å². The normalized spacial score (nSPS) is 15.9. The zero-order chi connectivity index (χ0) is 30.6. The van der Waals surface area contributed by atoms with Gasteiger partial charge in [-0.3, -0.25) is 9.78 Å². The van der Waals surface area contributed by atoms with Crippen molar-refractivity contribution in [3.05, 3.63) is 95.2 Å². The number of carboxylic acids is 1. The number of para-hydroxylation sites is 1. The number of aromatic nitrogens is 2. The SMILES string of the molecule is CCCc1ccc(CNC(=O)C2CN(c3cnc4cccc(C(=O)O)c4n3)CCN2S(=O)(=O)c2ccc(CC)cc2)cc1. The highest BCUT2D eigenvalue weighted by Gasteiger charge is 2.40. The summed E-state index contributed by atoms with van der Waals surface area (Å²) in [6, 6.07) is 18.4. The van der Waals surface area contributed by atoms with E-state index < -0.39 is 27.9 Å². The van der Waals surface area contributed by atoms with Gasteiger partial charge >= 0.3 is 5.97 Å². The smallest absolute Gasteiger partial charge is 0.337 e. The van der Waals surface area contributed by atoms with E-state index in [1.807, 2.05) is 31.2 Å². The summed E-state index contributed by atoms with van der Waals surface area (Å²) in [4.78, 5) is 36.4. The molecule has 4 aromatic rings. The van der Waals surface area contributed by atoms with Crippen LogP contribution in [0.4, 0.5) is 5.82 Å². The number of aromatic carboxylic acids is 1. The second kappa shape index (κ2) is 12.9.